The van der Waals surface area contributed by atoms with Gasteiger partial charge >= 0.3 is 0 Å². The van der Waals surface area contributed by atoms with Crippen molar-refractivity contribution in [2.75, 3.05) is 0 Å². The Kier molecular flexibility index (Phi) is 6.23. The van der Waals surface area contributed by atoms with Crippen molar-refractivity contribution in [2.24, 2.45) is 10.8 Å². The molecule has 26 heavy (non-hydrogen) atoms. The van der Waals surface area contributed by atoms with E-state index in [0.717, 1.165) is 12.8 Å². The van der Waals surface area contributed by atoms with E-state index in [2.05, 4.69) is 48.5 Å². The van der Waals surface area contributed by atoms with Gasteiger partial charge in [-0.25, -0.2) is 0 Å². The Morgan fingerprint density at radius 3 is 1.73 bits per heavy atom. The third kappa shape index (κ3) is 4.96. The Hall–Kier alpha value is -2.58. The minimum Gasteiger partial charge on any atom is -0.198 e. The fraction of sp³-hybridized carbons (Fsp3) is 0.417. The van der Waals surface area contributed by atoms with E-state index in [1.165, 1.54) is 11.1 Å². The zero-order valence-corrected chi connectivity index (χ0v) is 16.2. The molecule has 2 aromatic rings. The van der Waals surface area contributed by atoms with Crippen molar-refractivity contribution in [1.29, 1.82) is 10.5 Å². The van der Waals surface area contributed by atoms with E-state index in [4.69, 9.17) is 0 Å². The van der Waals surface area contributed by atoms with Crippen molar-refractivity contribution < 1.29 is 0 Å². The summed E-state index contributed by atoms with van der Waals surface area (Å²) in [6, 6.07) is 25.6. The average Bonchev–Trinajstić information content (AvgIpc) is 2.66. The lowest BCUT2D eigenvalue weighted by atomic mass is 9.68. The van der Waals surface area contributed by atoms with Gasteiger partial charge in [0.05, 0.1) is 23.0 Å². The molecule has 0 aliphatic carbocycles. The number of nitrogens with zero attached hydrogens (tertiary/aromatic N) is 2. The Labute approximate surface area is 158 Å². The summed E-state index contributed by atoms with van der Waals surface area (Å²) in [5, 5.41) is 19.3. The molecule has 0 heterocycles. The topological polar surface area (TPSA) is 47.6 Å². The van der Waals surface area contributed by atoms with Crippen molar-refractivity contribution >= 4 is 0 Å². The van der Waals surface area contributed by atoms with Crippen LogP contribution in [0.5, 0.6) is 0 Å². The molecule has 2 nitrogen and oxygen atoms in total. The molecule has 0 aromatic heterocycles. The van der Waals surface area contributed by atoms with Crippen molar-refractivity contribution in [3.63, 3.8) is 0 Å². The summed E-state index contributed by atoms with van der Waals surface area (Å²) in [4.78, 5) is 0. The van der Waals surface area contributed by atoms with Gasteiger partial charge in [-0.15, -0.1) is 0 Å². The lowest BCUT2D eigenvalue weighted by molar-refractivity contribution is 0.305. The number of hydrogen-bond donors (Lipinski definition) is 0. The fourth-order valence-electron chi connectivity index (χ4n) is 3.62. The van der Waals surface area contributed by atoms with E-state index >= 15 is 0 Å². The van der Waals surface area contributed by atoms with E-state index in [-0.39, 0.29) is 11.8 Å². The van der Waals surface area contributed by atoms with Crippen LogP contribution >= 0.6 is 0 Å². The van der Waals surface area contributed by atoms with Crippen molar-refractivity contribution in [2.45, 2.75) is 52.4 Å². The van der Waals surface area contributed by atoms with Crippen LogP contribution in [0.1, 0.15) is 63.5 Å². The first-order valence-electron chi connectivity index (χ1n) is 9.21. The molecule has 2 heteroatoms. The maximum Gasteiger partial charge on any atom is 0.0690 e. The first-order chi connectivity index (χ1) is 12.3. The molecule has 0 spiro atoms. The highest BCUT2D eigenvalue weighted by Crippen LogP contribution is 2.45. The zero-order chi connectivity index (χ0) is 19.2. The van der Waals surface area contributed by atoms with Gasteiger partial charge in [0.15, 0.2) is 0 Å². The minimum absolute atomic E-state index is 0.105. The average molecular weight is 345 g/mol. The molecule has 0 aliphatic rings. The molecule has 134 valence electrons. The van der Waals surface area contributed by atoms with Crippen LogP contribution in [0.2, 0.25) is 0 Å². The molecule has 2 aromatic carbocycles. The summed E-state index contributed by atoms with van der Waals surface area (Å²) in [5.41, 5.74) is 1.55. The van der Waals surface area contributed by atoms with E-state index < -0.39 is 10.8 Å². The monoisotopic (exact) mass is 344 g/mol. The Morgan fingerprint density at radius 1 is 0.769 bits per heavy atom. The highest BCUT2D eigenvalue weighted by atomic mass is 14.4. The molecule has 0 radical (unpaired) electrons. The SMILES string of the molecule is CC(C)(C#N)C[C@@H](C[C@H](c1ccccc1)C(C)(C)C#N)c1ccccc1. The Bertz CT molecular complexity index is 776. The minimum atomic E-state index is -0.481. The largest absolute Gasteiger partial charge is 0.198 e. The summed E-state index contributed by atoms with van der Waals surface area (Å²) in [7, 11) is 0. The quantitative estimate of drug-likeness (QED) is 0.580. The standard InChI is InChI=1S/C24H28N2/c1-23(2,17-25)16-21(19-11-7-5-8-12-19)15-22(24(3,4)18-26)20-13-9-6-10-14-20/h5-14,21-22H,15-16H2,1-4H3/t21-,22-/m1/s1. The molecular weight excluding hydrogens is 316 g/mol. The van der Waals surface area contributed by atoms with Gasteiger partial charge in [-0.05, 0) is 57.6 Å². The van der Waals surface area contributed by atoms with E-state index in [1.807, 2.05) is 52.0 Å². The summed E-state index contributed by atoms with van der Waals surface area (Å²) >= 11 is 0. The predicted octanol–water partition coefficient (Wildman–Crippen LogP) is 6.43. The lowest BCUT2D eigenvalue weighted by Gasteiger charge is -2.34. The number of rotatable bonds is 7. The van der Waals surface area contributed by atoms with Crippen LogP contribution in [0.15, 0.2) is 60.7 Å². The number of hydrogen-bond acceptors (Lipinski definition) is 2. The molecule has 0 bridgehead atoms. The van der Waals surface area contributed by atoms with Gasteiger partial charge in [0, 0.05) is 5.92 Å². The molecule has 2 rings (SSSR count). The van der Waals surface area contributed by atoms with E-state index in [0.29, 0.717) is 0 Å². The van der Waals surface area contributed by atoms with Crippen LogP contribution in [0.4, 0.5) is 0 Å². The molecule has 0 saturated heterocycles. The zero-order valence-electron chi connectivity index (χ0n) is 16.2. The molecule has 0 N–H and O–H groups in total. The maximum atomic E-state index is 9.79. The summed E-state index contributed by atoms with van der Waals surface area (Å²) < 4.78 is 0. The second-order valence-corrected chi connectivity index (χ2v) is 8.34. The van der Waals surface area contributed by atoms with Crippen molar-refractivity contribution in [3.8, 4) is 12.1 Å². The van der Waals surface area contributed by atoms with Gasteiger partial charge in [-0.1, -0.05) is 60.7 Å². The van der Waals surface area contributed by atoms with Gasteiger partial charge in [0.1, 0.15) is 0 Å². The van der Waals surface area contributed by atoms with Crippen molar-refractivity contribution in [3.05, 3.63) is 71.8 Å². The Balaban J connectivity index is 2.43. The molecule has 2 atom stereocenters. The summed E-state index contributed by atoms with van der Waals surface area (Å²) in [6.07, 6.45) is 1.62. The van der Waals surface area contributed by atoms with Crippen LogP contribution in [0.25, 0.3) is 0 Å². The molecule has 0 fully saturated rings. The number of nitriles is 2. The summed E-state index contributed by atoms with van der Waals surface area (Å²) in [5.74, 6) is 0.331. The molecular formula is C24H28N2. The van der Waals surface area contributed by atoms with Crippen molar-refractivity contribution in [1.82, 2.24) is 0 Å². The van der Waals surface area contributed by atoms with E-state index in [1.54, 1.807) is 0 Å². The van der Waals surface area contributed by atoms with E-state index in [9.17, 15) is 10.5 Å². The highest BCUT2D eigenvalue weighted by molar-refractivity contribution is 5.28. The summed E-state index contributed by atoms with van der Waals surface area (Å²) in [6.45, 7) is 8.02. The molecule has 0 saturated carbocycles. The van der Waals surface area contributed by atoms with Gasteiger partial charge in [0.25, 0.3) is 0 Å². The van der Waals surface area contributed by atoms with Crippen LogP contribution in [0, 0.1) is 33.5 Å². The first-order valence-corrected chi connectivity index (χ1v) is 9.21. The second-order valence-electron chi connectivity index (χ2n) is 8.34. The smallest absolute Gasteiger partial charge is 0.0690 e. The first kappa shape index (κ1) is 19.7. The predicted molar refractivity (Wildman–Crippen MR) is 106 cm³/mol. The van der Waals surface area contributed by atoms with Gasteiger partial charge in [-0.2, -0.15) is 10.5 Å². The second kappa shape index (κ2) is 8.20. The Morgan fingerprint density at radius 2 is 1.27 bits per heavy atom. The van der Waals surface area contributed by atoms with Gasteiger partial charge in [-0.3, -0.25) is 0 Å². The number of benzene rings is 2. The normalized spacial score (nSPS) is 14.1. The van der Waals surface area contributed by atoms with Crippen LogP contribution in [-0.4, -0.2) is 0 Å². The molecule has 0 unspecified atom stereocenters. The third-order valence-electron chi connectivity index (χ3n) is 5.21. The van der Waals surface area contributed by atoms with Crippen LogP contribution < -0.4 is 0 Å². The lowest BCUT2D eigenvalue weighted by Crippen LogP contribution is -2.24. The van der Waals surface area contributed by atoms with Gasteiger partial charge in [0.2, 0.25) is 0 Å². The maximum absolute atomic E-state index is 9.79. The van der Waals surface area contributed by atoms with Crippen LogP contribution in [-0.2, 0) is 0 Å². The fourth-order valence-corrected chi connectivity index (χ4v) is 3.62. The molecule has 0 amide bonds. The van der Waals surface area contributed by atoms with Crippen LogP contribution in [0.3, 0.4) is 0 Å². The van der Waals surface area contributed by atoms with Gasteiger partial charge < -0.3 is 0 Å². The third-order valence-corrected chi connectivity index (χ3v) is 5.21. The highest BCUT2D eigenvalue weighted by Gasteiger charge is 2.35. The molecule has 0 aliphatic heterocycles.